The molecule has 7 nitrogen and oxygen atoms in total. The molecule has 166 valence electrons. The molecule has 0 spiro atoms. The first-order valence-corrected chi connectivity index (χ1v) is 11.1. The maximum atomic E-state index is 13.1. The standard InChI is InChI=1S/C26H24N4O3/c31-23(16-29-25-15-27-17-30(25)22-9-5-4-8-21(22)26(29)33)19-10-12-20(13-11-19)28-24(32)14-18-6-2-1-3-7-18/h1-3,6-7,10-13,15,17H,4-5,8-9,14,16H2,(H,28,32). The van der Waals surface area contributed by atoms with Gasteiger partial charge in [0.05, 0.1) is 19.2 Å². The first-order valence-electron chi connectivity index (χ1n) is 11.1. The van der Waals surface area contributed by atoms with Crippen LogP contribution in [0.5, 0.6) is 0 Å². The molecule has 0 unspecified atom stereocenters. The number of fused-ring (bicyclic) bond motifs is 3. The highest BCUT2D eigenvalue weighted by molar-refractivity contribution is 5.97. The molecule has 0 saturated heterocycles. The number of carbonyl (C=O) groups is 2. The number of nitrogens with one attached hydrogen (secondary N) is 1. The summed E-state index contributed by atoms with van der Waals surface area (Å²) in [6, 6.07) is 16.3. The van der Waals surface area contributed by atoms with Crippen LogP contribution in [0.4, 0.5) is 5.69 Å². The van der Waals surface area contributed by atoms with Crippen molar-refractivity contribution >= 4 is 23.0 Å². The van der Waals surface area contributed by atoms with Gasteiger partial charge in [0.1, 0.15) is 12.0 Å². The normalized spacial score (nSPS) is 13.0. The van der Waals surface area contributed by atoms with Gasteiger partial charge in [-0.05, 0) is 55.5 Å². The molecule has 0 fully saturated rings. The average Bonchev–Trinajstić information content (AvgIpc) is 3.33. The molecule has 7 heteroatoms. The van der Waals surface area contributed by atoms with Crippen LogP contribution in [-0.2, 0) is 30.6 Å². The van der Waals surface area contributed by atoms with E-state index in [2.05, 4.69) is 10.3 Å². The molecule has 5 rings (SSSR count). The maximum Gasteiger partial charge on any atom is 0.257 e. The Morgan fingerprint density at radius 1 is 0.970 bits per heavy atom. The summed E-state index contributed by atoms with van der Waals surface area (Å²) in [6.45, 7) is -0.0545. The van der Waals surface area contributed by atoms with E-state index in [-0.39, 0.29) is 30.2 Å². The van der Waals surface area contributed by atoms with E-state index in [0.29, 0.717) is 16.9 Å². The highest BCUT2D eigenvalue weighted by Gasteiger charge is 2.21. The molecule has 0 saturated carbocycles. The Bertz CT molecular complexity index is 1390. The number of Topliss-reactive ketones (excluding diaryl/α,β-unsaturated/α-hetero) is 1. The largest absolute Gasteiger partial charge is 0.326 e. The third-order valence-corrected chi connectivity index (χ3v) is 6.13. The molecule has 1 amide bonds. The number of hydrogen-bond acceptors (Lipinski definition) is 4. The van der Waals surface area contributed by atoms with Crippen molar-refractivity contribution in [2.45, 2.75) is 38.6 Å². The molecule has 0 radical (unpaired) electrons. The van der Waals surface area contributed by atoms with Crippen molar-refractivity contribution in [3.05, 3.63) is 99.9 Å². The Balaban J connectivity index is 1.32. The number of imidazole rings is 1. The van der Waals surface area contributed by atoms with Gasteiger partial charge in [-0.2, -0.15) is 0 Å². The molecule has 2 aromatic heterocycles. The second kappa shape index (κ2) is 8.86. The molecular weight excluding hydrogens is 416 g/mol. The second-order valence-corrected chi connectivity index (χ2v) is 8.36. The lowest BCUT2D eigenvalue weighted by molar-refractivity contribution is -0.115. The summed E-state index contributed by atoms with van der Waals surface area (Å²) in [5, 5.41) is 2.85. The molecule has 0 bridgehead atoms. The Labute approximate surface area is 190 Å². The number of benzene rings is 2. The number of carbonyl (C=O) groups excluding carboxylic acids is 2. The van der Waals surface area contributed by atoms with Crippen molar-refractivity contribution in [2.24, 2.45) is 0 Å². The van der Waals surface area contributed by atoms with Crippen LogP contribution in [0, 0.1) is 0 Å². The van der Waals surface area contributed by atoms with Crippen LogP contribution in [0.25, 0.3) is 5.65 Å². The van der Waals surface area contributed by atoms with Crippen LogP contribution in [0.1, 0.15) is 40.0 Å². The van der Waals surface area contributed by atoms with Crippen LogP contribution < -0.4 is 10.9 Å². The Kier molecular flexibility index (Phi) is 5.60. The zero-order valence-electron chi connectivity index (χ0n) is 18.2. The van der Waals surface area contributed by atoms with E-state index in [0.717, 1.165) is 42.5 Å². The second-order valence-electron chi connectivity index (χ2n) is 8.36. The lowest BCUT2D eigenvalue weighted by atomic mass is 9.97. The average molecular weight is 441 g/mol. The molecule has 0 atom stereocenters. The SMILES string of the molecule is O=C(Cc1ccccc1)Nc1ccc(C(=O)Cn2c(=O)c3c(n4cncc24)CCCC3)cc1. The van der Waals surface area contributed by atoms with Gasteiger partial charge in [-0.3, -0.25) is 23.4 Å². The third-order valence-electron chi connectivity index (χ3n) is 6.13. The number of rotatable bonds is 6. The zero-order valence-corrected chi connectivity index (χ0v) is 18.2. The Hall–Kier alpha value is -4.00. The van der Waals surface area contributed by atoms with Crippen molar-refractivity contribution in [2.75, 3.05) is 5.32 Å². The van der Waals surface area contributed by atoms with Crippen molar-refractivity contribution in [3.63, 3.8) is 0 Å². The van der Waals surface area contributed by atoms with E-state index < -0.39 is 0 Å². The molecule has 4 aromatic rings. The van der Waals surface area contributed by atoms with Gasteiger partial charge in [0.2, 0.25) is 5.91 Å². The van der Waals surface area contributed by atoms with Crippen LogP contribution in [0.2, 0.25) is 0 Å². The molecule has 1 aliphatic rings. The van der Waals surface area contributed by atoms with Crippen molar-refractivity contribution in [1.82, 2.24) is 14.0 Å². The van der Waals surface area contributed by atoms with Crippen molar-refractivity contribution in [3.8, 4) is 0 Å². The van der Waals surface area contributed by atoms with Gasteiger partial charge in [0, 0.05) is 22.5 Å². The summed E-state index contributed by atoms with van der Waals surface area (Å²) in [6.07, 6.45) is 7.24. The van der Waals surface area contributed by atoms with E-state index in [4.69, 9.17) is 0 Å². The number of aryl methyl sites for hydroxylation is 1. The summed E-state index contributed by atoms with van der Waals surface area (Å²) >= 11 is 0. The lowest BCUT2D eigenvalue weighted by Crippen LogP contribution is -2.32. The molecule has 0 aliphatic heterocycles. The fourth-order valence-electron chi connectivity index (χ4n) is 4.46. The van der Waals surface area contributed by atoms with Crippen LogP contribution in [0.15, 0.2) is 71.9 Å². The number of hydrogen-bond donors (Lipinski definition) is 1. The predicted octanol–water partition coefficient (Wildman–Crippen LogP) is 3.44. The van der Waals surface area contributed by atoms with E-state index in [9.17, 15) is 14.4 Å². The van der Waals surface area contributed by atoms with E-state index in [1.807, 2.05) is 34.7 Å². The van der Waals surface area contributed by atoms with Crippen LogP contribution in [-0.4, -0.2) is 25.6 Å². The van der Waals surface area contributed by atoms with Crippen molar-refractivity contribution < 1.29 is 9.59 Å². The maximum absolute atomic E-state index is 13.1. The predicted molar refractivity (Wildman–Crippen MR) is 126 cm³/mol. The topological polar surface area (TPSA) is 85.5 Å². The van der Waals surface area contributed by atoms with Crippen LogP contribution in [0.3, 0.4) is 0 Å². The first kappa shape index (κ1) is 20.9. The first-order chi connectivity index (χ1) is 16.1. The number of ketones is 1. The molecular formula is C26H24N4O3. The van der Waals surface area contributed by atoms with Gasteiger partial charge >= 0.3 is 0 Å². The number of amides is 1. The van der Waals surface area contributed by atoms with E-state index in [1.165, 1.54) is 4.57 Å². The van der Waals surface area contributed by atoms with Gasteiger partial charge in [0.25, 0.3) is 5.56 Å². The fourth-order valence-corrected chi connectivity index (χ4v) is 4.46. The minimum Gasteiger partial charge on any atom is -0.326 e. The molecule has 33 heavy (non-hydrogen) atoms. The Morgan fingerprint density at radius 2 is 1.73 bits per heavy atom. The highest BCUT2D eigenvalue weighted by Crippen LogP contribution is 2.20. The van der Waals surface area contributed by atoms with E-state index >= 15 is 0 Å². The summed E-state index contributed by atoms with van der Waals surface area (Å²) < 4.78 is 3.46. The minimum atomic E-state index is -0.168. The van der Waals surface area contributed by atoms with Gasteiger partial charge < -0.3 is 5.32 Å². The fraction of sp³-hybridized carbons (Fsp3) is 0.231. The van der Waals surface area contributed by atoms with Gasteiger partial charge in [-0.15, -0.1) is 0 Å². The molecule has 2 aromatic carbocycles. The summed E-state index contributed by atoms with van der Waals surface area (Å²) in [5.41, 5.74) is 4.38. The smallest absolute Gasteiger partial charge is 0.257 e. The van der Waals surface area contributed by atoms with Gasteiger partial charge in [-0.1, -0.05) is 30.3 Å². The minimum absolute atomic E-state index is 0.0545. The highest BCUT2D eigenvalue weighted by atomic mass is 16.2. The van der Waals surface area contributed by atoms with Gasteiger partial charge in [0.15, 0.2) is 5.78 Å². The van der Waals surface area contributed by atoms with Gasteiger partial charge in [-0.25, -0.2) is 4.98 Å². The molecule has 1 aliphatic carbocycles. The zero-order chi connectivity index (χ0) is 22.8. The number of anilines is 1. The van der Waals surface area contributed by atoms with Crippen LogP contribution >= 0.6 is 0 Å². The quantitative estimate of drug-likeness (QED) is 0.466. The van der Waals surface area contributed by atoms with E-state index in [1.54, 1.807) is 36.8 Å². The molecule has 1 N–H and O–H groups in total. The summed E-state index contributed by atoms with van der Waals surface area (Å²) in [4.78, 5) is 42.6. The number of nitrogens with zero attached hydrogens (tertiary/aromatic N) is 3. The summed E-state index contributed by atoms with van der Waals surface area (Å²) in [5.74, 6) is -0.290. The number of aromatic nitrogens is 3. The monoisotopic (exact) mass is 440 g/mol. The Morgan fingerprint density at radius 3 is 2.52 bits per heavy atom. The summed E-state index contributed by atoms with van der Waals surface area (Å²) in [7, 11) is 0. The van der Waals surface area contributed by atoms with Crippen molar-refractivity contribution in [1.29, 1.82) is 0 Å². The lowest BCUT2D eigenvalue weighted by Gasteiger charge is -2.19. The third kappa shape index (κ3) is 4.22. The molecule has 2 heterocycles.